The van der Waals surface area contributed by atoms with Crippen LogP contribution < -0.4 is 26.4 Å². The van der Waals surface area contributed by atoms with Crippen molar-refractivity contribution >= 4 is 52.7 Å². The molecule has 3 saturated heterocycles. The van der Waals surface area contributed by atoms with Crippen LogP contribution >= 0.6 is 11.3 Å². The Balaban J connectivity index is 0.999. The van der Waals surface area contributed by atoms with E-state index in [0.717, 1.165) is 21.7 Å². The number of primary amides is 1. The molecule has 71 heavy (non-hydrogen) atoms. The number of nitrogens with two attached hydrogens (primary N) is 1. The molecule has 3 fully saturated rings. The van der Waals surface area contributed by atoms with Crippen molar-refractivity contribution in [1.29, 1.82) is 0 Å². The SMILES string of the molecule is CC(=O)N1CC[C@H]2CC[C@@H](C(=O)N[C@@H](CCC(N)=O)COc3cccc(CCCCC(=O)N[C@H](C(=O)N4C[C@H](O)C[C@H]4C(=O)N[C@@H](C)c4ccc(-c5scnc5C)cc4)C(C)(C)C)c3F)N2C(=O)[C@@H](C)C1. The third-order valence-corrected chi connectivity index (χ3v) is 14.9. The normalized spacial score (nSPS) is 21.6. The van der Waals surface area contributed by atoms with Crippen LogP contribution in [0.25, 0.3) is 10.4 Å². The molecule has 17 nitrogen and oxygen atoms in total. The summed E-state index contributed by atoms with van der Waals surface area (Å²) in [5, 5.41) is 19.5. The number of nitrogens with one attached hydrogen (secondary N) is 3. The number of aryl methyl sites for hydroxylation is 2. The van der Waals surface area contributed by atoms with Crippen LogP contribution in [0, 0.1) is 24.1 Å². The maximum Gasteiger partial charge on any atom is 0.246 e. The lowest BCUT2D eigenvalue weighted by atomic mass is 9.85. The summed E-state index contributed by atoms with van der Waals surface area (Å²) in [5.74, 6) is -3.69. The number of aliphatic hydroxyl groups excluding tert-OH is 1. The number of nitrogens with zero attached hydrogens (tertiary/aromatic N) is 4. The van der Waals surface area contributed by atoms with E-state index >= 15 is 4.39 Å². The van der Waals surface area contributed by atoms with Crippen molar-refractivity contribution < 1.29 is 47.8 Å². The molecule has 0 aliphatic carbocycles. The Morgan fingerprint density at radius 3 is 2.34 bits per heavy atom. The van der Waals surface area contributed by atoms with Crippen LogP contribution in [0.5, 0.6) is 5.75 Å². The van der Waals surface area contributed by atoms with Crippen LogP contribution in [-0.4, -0.2) is 129 Å². The molecule has 0 saturated carbocycles. The molecule has 8 atom stereocenters. The molecule has 0 unspecified atom stereocenters. The number of halogens is 1. The van der Waals surface area contributed by atoms with Gasteiger partial charge in [0, 0.05) is 51.9 Å². The van der Waals surface area contributed by atoms with E-state index in [-0.39, 0.29) is 87.4 Å². The van der Waals surface area contributed by atoms with Gasteiger partial charge in [0.2, 0.25) is 41.4 Å². The Hall–Kier alpha value is -5.95. The van der Waals surface area contributed by atoms with Crippen LogP contribution in [0.3, 0.4) is 0 Å². The average molecular weight is 1000 g/mol. The van der Waals surface area contributed by atoms with Crippen molar-refractivity contribution in [3.8, 4) is 16.2 Å². The number of amides is 7. The molecule has 3 aliphatic rings. The molecule has 4 heterocycles. The predicted octanol–water partition coefficient (Wildman–Crippen LogP) is 4.72. The van der Waals surface area contributed by atoms with E-state index in [2.05, 4.69) is 20.9 Å². The molecule has 386 valence electrons. The largest absolute Gasteiger partial charge is 0.488 e. The van der Waals surface area contributed by atoms with Crippen molar-refractivity contribution in [3.05, 3.63) is 70.6 Å². The first-order chi connectivity index (χ1) is 33.6. The minimum Gasteiger partial charge on any atom is -0.488 e. The molecule has 2 aromatic carbocycles. The number of β-amino-alcohol motifs (C(OH)–C–C–N with tert-alkyl or cyclic N) is 1. The number of thiazole rings is 1. The minimum atomic E-state index is -1.00. The summed E-state index contributed by atoms with van der Waals surface area (Å²) in [7, 11) is 0. The average Bonchev–Trinajstić information content (AvgIpc) is 4.06. The number of fused-ring (bicyclic) bond motifs is 1. The van der Waals surface area contributed by atoms with Gasteiger partial charge < -0.3 is 46.2 Å². The second-order valence-electron chi connectivity index (χ2n) is 20.5. The van der Waals surface area contributed by atoms with Gasteiger partial charge in [0.05, 0.1) is 40.2 Å². The summed E-state index contributed by atoms with van der Waals surface area (Å²) in [6.07, 6.45) is 1.90. The molecule has 19 heteroatoms. The van der Waals surface area contributed by atoms with Crippen molar-refractivity contribution in [3.63, 3.8) is 0 Å². The number of benzene rings is 2. The number of carbonyl (C=O) groups excluding carboxylic acids is 7. The predicted molar refractivity (Wildman–Crippen MR) is 266 cm³/mol. The van der Waals surface area contributed by atoms with Gasteiger partial charge >= 0.3 is 0 Å². The van der Waals surface area contributed by atoms with Crippen LogP contribution in [0.4, 0.5) is 4.39 Å². The van der Waals surface area contributed by atoms with Gasteiger partial charge in [-0.05, 0) is 87.0 Å². The third kappa shape index (κ3) is 13.9. The molecule has 6 rings (SSSR count). The van der Waals surface area contributed by atoms with E-state index in [9.17, 15) is 38.7 Å². The second-order valence-corrected chi connectivity index (χ2v) is 21.3. The zero-order chi connectivity index (χ0) is 51.7. The first-order valence-electron chi connectivity index (χ1n) is 24.8. The monoisotopic (exact) mass is 1000 g/mol. The fourth-order valence-corrected chi connectivity index (χ4v) is 10.6. The molecule has 0 radical (unpaired) electrons. The van der Waals surface area contributed by atoms with Crippen LogP contribution in [-0.2, 0) is 40.0 Å². The van der Waals surface area contributed by atoms with E-state index in [1.165, 1.54) is 17.9 Å². The fourth-order valence-electron chi connectivity index (χ4n) is 9.81. The summed E-state index contributed by atoms with van der Waals surface area (Å²) in [6, 6.07) is 8.58. The highest BCUT2D eigenvalue weighted by atomic mass is 32.1. The van der Waals surface area contributed by atoms with Gasteiger partial charge in [-0.2, -0.15) is 0 Å². The number of carbonyl (C=O) groups is 7. The highest BCUT2D eigenvalue weighted by Crippen LogP contribution is 2.33. The molecule has 0 bridgehead atoms. The smallest absolute Gasteiger partial charge is 0.246 e. The molecular weight excluding hydrogens is 932 g/mol. The number of likely N-dealkylation sites (tertiary alicyclic amines) is 1. The number of aromatic nitrogens is 1. The lowest BCUT2D eigenvalue weighted by Crippen LogP contribution is -2.57. The Morgan fingerprint density at radius 2 is 1.68 bits per heavy atom. The van der Waals surface area contributed by atoms with Crippen molar-refractivity contribution in [2.75, 3.05) is 26.2 Å². The Bertz CT molecular complexity index is 2410. The highest BCUT2D eigenvalue weighted by Gasteiger charge is 2.46. The lowest BCUT2D eigenvalue weighted by Gasteiger charge is -2.37. The Labute approximate surface area is 419 Å². The van der Waals surface area contributed by atoms with E-state index < -0.39 is 71.1 Å². The summed E-state index contributed by atoms with van der Waals surface area (Å²) in [5.41, 5.74) is 9.70. The third-order valence-electron chi connectivity index (χ3n) is 13.9. The zero-order valence-corrected chi connectivity index (χ0v) is 42.8. The van der Waals surface area contributed by atoms with Gasteiger partial charge in [0.15, 0.2) is 11.6 Å². The van der Waals surface area contributed by atoms with E-state index in [1.54, 1.807) is 45.7 Å². The first kappa shape index (κ1) is 54.4. The fraction of sp³-hybridized carbons (Fsp3) is 0.577. The summed E-state index contributed by atoms with van der Waals surface area (Å²) in [4.78, 5) is 103. The lowest BCUT2D eigenvalue weighted by molar-refractivity contribution is -0.146. The van der Waals surface area contributed by atoms with E-state index in [1.807, 2.05) is 58.9 Å². The molecule has 3 aromatic rings. The number of hydrogen-bond donors (Lipinski definition) is 5. The molecule has 7 amide bonds. The topological polar surface area (TPSA) is 234 Å². The molecule has 3 aliphatic heterocycles. The number of unbranched alkanes of at least 4 members (excludes halogenated alkanes) is 1. The van der Waals surface area contributed by atoms with Gasteiger partial charge in [-0.15, -0.1) is 11.3 Å². The van der Waals surface area contributed by atoms with Crippen molar-refractivity contribution in [2.45, 2.75) is 155 Å². The highest BCUT2D eigenvalue weighted by molar-refractivity contribution is 7.13. The summed E-state index contributed by atoms with van der Waals surface area (Å²) >= 11 is 1.56. The first-order valence-corrected chi connectivity index (χ1v) is 25.7. The van der Waals surface area contributed by atoms with Crippen LogP contribution in [0.2, 0.25) is 0 Å². The Morgan fingerprint density at radius 1 is 0.958 bits per heavy atom. The van der Waals surface area contributed by atoms with Crippen molar-refractivity contribution in [2.24, 2.45) is 17.1 Å². The Kier molecular flexibility index (Phi) is 18.4. The number of rotatable bonds is 19. The van der Waals surface area contributed by atoms with E-state index in [4.69, 9.17) is 10.5 Å². The second kappa shape index (κ2) is 24.0. The van der Waals surface area contributed by atoms with Gasteiger partial charge in [-0.1, -0.05) is 64.1 Å². The number of hydrogen-bond acceptors (Lipinski definition) is 11. The molecule has 0 spiro atoms. The van der Waals surface area contributed by atoms with Crippen LogP contribution in [0.15, 0.2) is 48.0 Å². The number of aliphatic hydroxyl groups is 1. The molecule has 1 aromatic heterocycles. The maximum atomic E-state index is 15.9. The standard InChI is InChI=1S/C52H71FN8O9S/c1-30-26-59(33(4)62)24-23-38-20-21-40(61(38)50(30)68)48(66)57-37(19-22-43(54)64)28-70-42-13-10-12-35(45(42)53)11-8-9-14-44(65)58-47(52(5,6)7)51(69)60-27-39(63)25-41(60)49(67)56-31(2)34-15-17-36(18-16-34)46-32(3)55-29-71-46/h10,12-13,15-18,29-31,37-41,47,63H,8-9,11,14,19-28H2,1-7H3,(H2,54,64)(H,56,67)(H,57,66)(H,58,65)/t30-,31-,37-,38+,39+,40-,41-,47+/m0/s1. The van der Waals surface area contributed by atoms with Gasteiger partial charge in [-0.3, -0.25) is 33.6 Å². The van der Waals surface area contributed by atoms with Gasteiger partial charge in [0.25, 0.3) is 0 Å². The van der Waals surface area contributed by atoms with E-state index in [0.29, 0.717) is 44.2 Å². The quantitative estimate of drug-likeness (QED) is 0.104. The van der Waals surface area contributed by atoms with Crippen molar-refractivity contribution in [1.82, 2.24) is 35.6 Å². The maximum absolute atomic E-state index is 15.9. The summed E-state index contributed by atoms with van der Waals surface area (Å²) < 4.78 is 21.8. The number of ether oxygens (including phenoxy) is 1. The van der Waals surface area contributed by atoms with Gasteiger partial charge in [0.1, 0.15) is 24.7 Å². The minimum absolute atomic E-state index is 0.0465. The van der Waals surface area contributed by atoms with Gasteiger partial charge in [-0.25, -0.2) is 9.37 Å². The molecule has 6 N–H and O–H groups in total. The molecular formula is C52H71FN8O9S. The van der Waals surface area contributed by atoms with Crippen LogP contribution in [0.1, 0.15) is 122 Å². The zero-order valence-electron chi connectivity index (χ0n) is 42.0. The summed E-state index contributed by atoms with van der Waals surface area (Å²) in [6.45, 7) is 13.0.